The van der Waals surface area contributed by atoms with Crippen LogP contribution in [0.25, 0.3) is 5.69 Å². The van der Waals surface area contributed by atoms with Gasteiger partial charge in [-0.3, -0.25) is 4.57 Å². The standard InChI is InChI=1S/C15H18BrN3/c16-13-8-4-5-9-14(13)19-11-10-17-15(19)18-12-6-2-1-3-7-12/h4-5,8-12H,1-3,6-7H2,(H,17,18). The normalized spacial score (nSPS) is 16.5. The highest BCUT2D eigenvalue weighted by molar-refractivity contribution is 9.10. The third-order valence-electron chi connectivity index (χ3n) is 3.69. The maximum atomic E-state index is 4.46. The molecule has 0 spiro atoms. The van der Waals surface area contributed by atoms with Crippen molar-refractivity contribution in [1.29, 1.82) is 0 Å². The van der Waals surface area contributed by atoms with E-state index in [1.165, 1.54) is 32.1 Å². The Bertz CT molecular complexity index is 544. The number of rotatable bonds is 3. The van der Waals surface area contributed by atoms with Gasteiger partial charge in [0.05, 0.1) is 5.69 Å². The Labute approximate surface area is 122 Å². The van der Waals surface area contributed by atoms with Crippen molar-refractivity contribution in [2.24, 2.45) is 0 Å². The molecular formula is C15H18BrN3. The maximum absolute atomic E-state index is 4.46. The molecule has 0 saturated heterocycles. The predicted octanol–water partition coefficient (Wildman–Crippen LogP) is 4.38. The SMILES string of the molecule is Brc1ccccc1-n1ccnc1NC1CCCCC1. The monoisotopic (exact) mass is 319 g/mol. The van der Waals surface area contributed by atoms with Crippen LogP contribution in [-0.4, -0.2) is 15.6 Å². The van der Waals surface area contributed by atoms with Crippen LogP contribution in [0.15, 0.2) is 41.1 Å². The lowest BCUT2D eigenvalue weighted by Crippen LogP contribution is -2.24. The molecule has 19 heavy (non-hydrogen) atoms. The Hall–Kier alpha value is -1.29. The summed E-state index contributed by atoms with van der Waals surface area (Å²) in [6.07, 6.45) is 10.4. The summed E-state index contributed by atoms with van der Waals surface area (Å²) in [4.78, 5) is 4.46. The van der Waals surface area contributed by atoms with Crippen LogP contribution in [0.2, 0.25) is 0 Å². The molecule has 2 aromatic rings. The molecule has 0 aliphatic heterocycles. The highest BCUT2D eigenvalue weighted by Crippen LogP contribution is 2.26. The minimum Gasteiger partial charge on any atom is -0.353 e. The van der Waals surface area contributed by atoms with Gasteiger partial charge in [-0.1, -0.05) is 31.4 Å². The van der Waals surface area contributed by atoms with E-state index in [1.807, 2.05) is 24.5 Å². The fraction of sp³-hybridized carbons (Fsp3) is 0.400. The lowest BCUT2D eigenvalue weighted by Gasteiger charge is -2.23. The van der Waals surface area contributed by atoms with Crippen LogP contribution in [0.3, 0.4) is 0 Å². The minimum atomic E-state index is 0.567. The second-order valence-electron chi connectivity index (χ2n) is 5.05. The van der Waals surface area contributed by atoms with Crippen LogP contribution in [-0.2, 0) is 0 Å². The molecule has 1 heterocycles. The number of para-hydroxylation sites is 1. The molecular weight excluding hydrogens is 302 g/mol. The number of aromatic nitrogens is 2. The summed E-state index contributed by atoms with van der Waals surface area (Å²) in [7, 11) is 0. The minimum absolute atomic E-state index is 0.567. The van der Waals surface area contributed by atoms with Gasteiger partial charge in [-0.05, 0) is 40.9 Å². The van der Waals surface area contributed by atoms with Crippen LogP contribution < -0.4 is 5.32 Å². The first kappa shape index (κ1) is 12.7. The van der Waals surface area contributed by atoms with Gasteiger partial charge in [-0.15, -0.1) is 0 Å². The number of anilines is 1. The van der Waals surface area contributed by atoms with Crippen LogP contribution in [0.4, 0.5) is 5.95 Å². The molecule has 0 amide bonds. The first-order chi connectivity index (χ1) is 9.34. The van der Waals surface area contributed by atoms with Gasteiger partial charge in [0.15, 0.2) is 0 Å². The molecule has 3 nitrogen and oxygen atoms in total. The van der Waals surface area contributed by atoms with Gasteiger partial charge in [0.1, 0.15) is 0 Å². The summed E-state index contributed by atoms with van der Waals surface area (Å²) in [5.41, 5.74) is 1.12. The number of hydrogen-bond acceptors (Lipinski definition) is 2. The lowest BCUT2D eigenvalue weighted by molar-refractivity contribution is 0.460. The molecule has 1 saturated carbocycles. The van der Waals surface area contributed by atoms with Gasteiger partial charge in [-0.25, -0.2) is 4.98 Å². The van der Waals surface area contributed by atoms with Crippen molar-refractivity contribution >= 4 is 21.9 Å². The average molecular weight is 320 g/mol. The summed E-state index contributed by atoms with van der Waals surface area (Å²) in [6.45, 7) is 0. The lowest BCUT2D eigenvalue weighted by atomic mass is 9.96. The van der Waals surface area contributed by atoms with E-state index < -0.39 is 0 Å². The third-order valence-corrected chi connectivity index (χ3v) is 4.36. The summed E-state index contributed by atoms with van der Waals surface area (Å²) < 4.78 is 3.19. The molecule has 3 rings (SSSR count). The van der Waals surface area contributed by atoms with E-state index in [0.29, 0.717) is 6.04 Å². The van der Waals surface area contributed by atoms with Gasteiger partial charge in [-0.2, -0.15) is 0 Å². The highest BCUT2D eigenvalue weighted by Gasteiger charge is 2.16. The van der Waals surface area contributed by atoms with Gasteiger partial charge in [0.2, 0.25) is 5.95 Å². The molecule has 0 atom stereocenters. The molecule has 1 aliphatic rings. The van der Waals surface area contributed by atoms with Crippen molar-refractivity contribution in [3.8, 4) is 5.69 Å². The molecule has 100 valence electrons. The zero-order valence-electron chi connectivity index (χ0n) is 10.8. The molecule has 0 bridgehead atoms. The number of hydrogen-bond donors (Lipinski definition) is 1. The van der Waals surface area contributed by atoms with Gasteiger partial charge < -0.3 is 5.32 Å². The van der Waals surface area contributed by atoms with Crippen molar-refractivity contribution in [2.75, 3.05) is 5.32 Å². The smallest absolute Gasteiger partial charge is 0.207 e. The largest absolute Gasteiger partial charge is 0.353 e. The average Bonchev–Trinajstić information content (AvgIpc) is 2.88. The summed E-state index contributed by atoms with van der Waals surface area (Å²) in [5, 5.41) is 3.59. The maximum Gasteiger partial charge on any atom is 0.207 e. The topological polar surface area (TPSA) is 29.9 Å². The van der Waals surface area contributed by atoms with E-state index >= 15 is 0 Å². The van der Waals surface area contributed by atoms with E-state index in [1.54, 1.807) is 0 Å². The third kappa shape index (κ3) is 2.84. The van der Waals surface area contributed by atoms with Crippen molar-refractivity contribution in [3.05, 3.63) is 41.1 Å². The van der Waals surface area contributed by atoms with Crippen LogP contribution in [0.1, 0.15) is 32.1 Å². The van der Waals surface area contributed by atoms with E-state index in [4.69, 9.17) is 0 Å². The molecule has 1 aromatic heterocycles. The molecule has 0 radical (unpaired) electrons. The summed E-state index contributed by atoms with van der Waals surface area (Å²) in [6, 6.07) is 8.79. The molecule has 1 aromatic carbocycles. The van der Waals surface area contributed by atoms with Crippen molar-refractivity contribution in [1.82, 2.24) is 9.55 Å². The zero-order valence-corrected chi connectivity index (χ0v) is 12.4. The predicted molar refractivity (Wildman–Crippen MR) is 81.8 cm³/mol. The summed E-state index contributed by atoms with van der Waals surface area (Å²) >= 11 is 3.60. The number of halogens is 1. The number of imidazole rings is 1. The van der Waals surface area contributed by atoms with E-state index in [0.717, 1.165) is 16.1 Å². The summed E-state index contributed by atoms with van der Waals surface area (Å²) in [5.74, 6) is 0.943. The molecule has 1 fully saturated rings. The Balaban J connectivity index is 1.84. The molecule has 0 unspecified atom stereocenters. The first-order valence-electron chi connectivity index (χ1n) is 6.89. The molecule has 1 N–H and O–H groups in total. The molecule has 1 aliphatic carbocycles. The van der Waals surface area contributed by atoms with E-state index in [9.17, 15) is 0 Å². The van der Waals surface area contributed by atoms with E-state index in [-0.39, 0.29) is 0 Å². The van der Waals surface area contributed by atoms with Crippen molar-refractivity contribution in [2.45, 2.75) is 38.1 Å². The number of nitrogens with one attached hydrogen (secondary N) is 1. The second-order valence-corrected chi connectivity index (χ2v) is 5.91. The van der Waals surface area contributed by atoms with Crippen LogP contribution in [0, 0.1) is 0 Å². The van der Waals surface area contributed by atoms with E-state index in [2.05, 4.69) is 42.9 Å². The van der Waals surface area contributed by atoms with Crippen LogP contribution >= 0.6 is 15.9 Å². The Morgan fingerprint density at radius 2 is 1.95 bits per heavy atom. The fourth-order valence-electron chi connectivity index (χ4n) is 2.68. The Kier molecular flexibility index (Phi) is 3.87. The Morgan fingerprint density at radius 1 is 1.16 bits per heavy atom. The fourth-order valence-corrected chi connectivity index (χ4v) is 3.16. The number of benzene rings is 1. The number of nitrogens with zero attached hydrogens (tertiary/aromatic N) is 2. The quantitative estimate of drug-likeness (QED) is 0.909. The zero-order chi connectivity index (χ0) is 13.1. The van der Waals surface area contributed by atoms with Crippen molar-refractivity contribution < 1.29 is 0 Å². The highest BCUT2D eigenvalue weighted by atomic mass is 79.9. The van der Waals surface area contributed by atoms with Gasteiger partial charge in [0.25, 0.3) is 0 Å². The van der Waals surface area contributed by atoms with Crippen LogP contribution in [0.5, 0.6) is 0 Å². The molecule has 4 heteroatoms. The first-order valence-corrected chi connectivity index (χ1v) is 7.69. The van der Waals surface area contributed by atoms with Gasteiger partial charge >= 0.3 is 0 Å². The second kappa shape index (κ2) is 5.78. The Morgan fingerprint density at radius 3 is 2.74 bits per heavy atom. The van der Waals surface area contributed by atoms with Crippen molar-refractivity contribution in [3.63, 3.8) is 0 Å². The van der Waals surface area contributed by atoms with Gasteiger partial charge in [0, 0.05) is 22.9 Å².